The molecule has 0 bridgehead atoms. The van der Waals surface area contributed by atoms with Crippen LogP contribution in [0.3, 0.4) is 0 Å². The molecular formula is C25H37N5O5. The molecule has 192 valence electrons. The second-order valence-corrected chi connectivity index (χ2v) is 10.6. The van der Waals surface area contributed by atoms with Gasteiger partial charge in [-0.1, -0.05) is 34.6 Å². The zero-order valence-corrected chi connectivity index (χ0v) is 21.2. The minimum atomic E-state index is -1.05. The fourth-order valence-corrected chi connectivity index (χ4v) is 4.25. The minimum absolute atomic E-state index is 0.136. The molecule has 10 nitrogen and oxygen atoms in total. The maximum atomic E-state index is 13.9. The van der Waals surface area contributed by atoms with Crippen LogP contribution in [-0.4, -0.2) is 74.3 Å². The molecule has 3 rings (SSSR count). The number of carbonyl (C=O) groups is 2. The Morgan fingerprint density at radius 3 is 2.63 bits per heavy atom. The molecule has 1 saturated heterocycles. The van der Waals surface area contributed by atoms with Crippen molar-refractivity contribution >= 4 is 17.8 Å². The predicted molar refractivity (Wildman–Crippen MR) is 131 cm³/mol. The number of hydrogen-bond donors (Lipinski definition) is 3. The molecule has 2 aromatic heterocycles. The van der Waals surface area contributed by atoms with Crippen LogP contribution in [-0.2, 0) is 12.0 Å². The molecule has 2 atom stereocenters. The van der Waals surface area contributed by atoms with Gasteiger partial charge in [0.05, 0.1) is 18.8 Å². The first-order chi connectivity index (χ1) is 16.5. The SMILES string of the molecule is CC(C)CN(C(=O)c1cnc(C(C)(C)C)nc1NCc1ccco1)C1CC(CO)CN(C(=O)O)C1. The Bertz CT molecular complexity index is 1000. The van der Waals surface area contributed by atoms with E-state index in [0.717, 1.165) is 0 Å². The highest BCUT2D eigenvalue weighted by Gasteiger charge is 2.36. The lowest BCUT2D eigenvalue weighted by Crippen LogP contribution is -2.55. The Hall–Kier alpha value is -3.14. The van der Waals surface area contributed by atoms with Gasteiger partial charge in [0.15, 0.2) is 0 Å². The van der Waals surface area contributed by atoms with Crippen LogP contribution < -0.4 is 5.32 Å². The molecule has 2 aromatic rings. The molecule has 1 fully saturated rings. The van der Waals surface area contributed by atoms with E-state index in [4.69, 9.17) is 4.42 Å². The molecule has 0 saturated carbocycles. The summed E-state index contributed by atoms with van der Waals surface area (Å²) in [5, 5.41) is 22.6. The topological polar surface area (TPSA) is 132 Å². The van der Waals surface area contributed by atoms with Gasteiger partial charge in [-0.3, -0.25) is 4.79 Å². The monoisotopic (exact) mass is 487 g/mol. The van der Waals surface area contributed by atoms with Gasteiger partial charge < -0.3 is 29.7 Å². The molecule has 2 unspecified atom stereocenters. The number of carbonyl (C=O) groups excluding carboxylic acids is 1. The van der Waals surface area contributed by atoms with Gasteiger partial charge in [0, 0.05) is 43.8 Å². The largest absolute Gasteiger partial charge is 0.467 e. The Balaban J connectivity index is 1.97. The van der Waals surface area contributed by atoms with Crippen LogP contribution in [0.5, 0.6) is 0 Å². The maximum Gasteiger partial charge on any atom is 0.407 e. The number of likely N-dealkylation sites (tertiary alicyclic amines) is 1. The molecular weight excluding hydrogens is 450 g/mol. The molecule has 0 spiro atoms. The second kappa shape index (κ2) is 11.1. The lowest BCUT2D eigenvalue weighted by atomic mass is 9.93. The van der Waals surface area contributed by atoms with E-state index in [0.29, 0.717) is 42.5 Å². The fourth-order valence-electron chi connectivity index (χ4n) is 4.25. The van der Waals surface area contributed by atoms with Gasteiger partial charge in [-0.05, 0) is 24.5 Å². The van der Waals surface area contributed by atoms with E-state index in [1.165, 1.54) is 4.90 Å². The zero-order valence-electron chi connectivity index (χ0n) is 21.2. The second-order valence-electron chi connectivity index (χ2n) is 10.6. The third-order valence-corrected chi connectivity index (χ3v) is 6.01. The molecule has 2 amide bonds. The summed E-state index contributed by atoms with van der Waals surface area (Å²) < 4.78 is 5.42. The van der Waals surface area contributed by atoms with Gasteiger partial charge in [-0.15, -0.1) is 0 Å². The van der Waals surface area contributed by atoms with Crippen molar-refractivity contribution in [2.45, 2.75) is 59.0 Å². The molecule has 0 aromatic carbocycles. The lowest BCUT2D eigenvalue weighted by Gasteiger charge is -2.42. The Morgan fingerprint density at radius 2 is 2.06 bits per heavy atom. The summed E-state index contributed by atoms with van der Waals surface area (Å²) in [4.78, 5) is 37.9. The first kappa shape index (κ1) is 26.5. The van der Waals surface area contributed by atoms with Gasteiger partial charge in [-0.2, -0.15) is 0 Å². The molecule has 10 heteroatoms. The van der Waals surface area contributed by atoms with Crippen molar-refractivity contribution in [2.24, 2.45) is 11.8 Å². The van der Waals surface area contributed by atoms with Crippen molar-refractivity contribution in [3.8, 4) is 0 Å². The van der Waals surface area contributed by atoms with Crippen molar-refractivity contribution in [3.05, 3.63) is 41.7 Å². The van der Waals surface area contributed by atoms with Gasteiger partial charge in [0.1, 0.15) is 23.0 Å². The van der Waals surface area contributed by atoms with Crippen molar-refractivity contribution in [3.63, 3.8) is 0 Å². The van der Waals surface area contributed by atoms with E-state index in [-0.39, 0.29) is 48.9 Å². The summed E-state index contributed by atoms with van der Waals surface area (Å²) in [5.74, 6) is 1.36. The van der Waals surface area contributed by atoms with Crippen molar-refractivity contribution in [1.82, 2.24) is 19.8 Å². The van der Waals surface area contributed by atoms with Crippen LogP contribution in [0.25, 0.3) is 0 Å². The summed E-state index contributed by atoms with van der Waals surface area (Å²) in [5.41, 5.74) is -0.00165. The highest BCUT2D eigenvalue weighted by molar-refractivity contribution is 5.98. The van der Waals surface area contributed by atoms with Crippen molar-refractivity contribution < 1.29 is 24.2 Å². The summed E-state index contributed by atoms with van der Waals surface area (Å²) in [7, 11) is 0. The van der Waals surface area contributed by atoms with Crippen LogP contribution in [0.15, 0.2) is 29.0 Å². The first-order valence-corrected chi connectivity index (χ1v) is 12.0. The van der Waals surface area contributed by atoms with E-state index in [1.807, 2.05) is 40.7 Å². The van der Waals surface area contributed by atoms with Gasteiger partial charge >= 0.3 is 6.09 Å². The average Bonchev–Trinajstić information content (AvgIpc) is 3.33. The molecule has 35 heavy (non-hydrogen) atoms. The fraction of sp³-hybridized carbons (Fsp3) is 0.600. The Morgan fingerprint density at radius 1 is 1.31 bits per heavy atom. The van der Waals surface area contributed by atoms with Crippen molar-refractivity contribution in [1.29, 1.82) is 0 Å². The van der Waals surface area contributed by atoms with Crippen LogP contribution in [0.2, 0.25) is 0 Å². The normalized spacial score (nSPS) is 18.5. The van der Waals surface area contributed by atoms with Crippen LogP contribution in [0.1, 0.15) is 63.0 Å². The van der Waals surface area contributed by atoms with Crippen LogP contribution >= 0.6 is 0 Å². The number of aromatic nitrogens is 2. The quantitative estimate of drug-likeness (QED) is 0.516. The molecule has 1 aliphatic rings. The minimum Gasteiger partial charge on any atom is -0.467 e. The number of aliphatic hydroxyl groups excluding tert-OH is 1. The number of nitrogens with one attached hydrogen (secondary N) is 1. The highest BCUT2D eigenvalue weighted by atomic mass is 16.4. The predicted octanol–water partition coefficient (Wildman–Crippen LogP) is 3.44. The molecule has 1 aliphatic heterocycles. The van der Waals surface area contributed by atoms with Crippen LogP contribution in [0, 0.1) is 11.8 Å². The van der Waals surface area contributed by atoms with Gasteiger partial charge in [-0.25, -0.2) is 14.8 Å². The average molecular weight is 488 g/mol. The van der Waals surface area contributed by atoms with E-state index in [2.05, 4.69) is 15.3 Å². The number of carboxylic acid groups (broad SMARTS) is 1. The summed E-state index contributed by atoms with van der Waals surface area (Å²) in [6.45, 7) is 11.1. The number of nitrogens with zero attached hydrogens (tertiary/aromatic N) is 4. The Kier molecular flexibility index (Phi) is 8.37. The number of aliphatic hydroxyl groups is 1. The van der Waals surface area contributed by atoms with E-state index in [1.54, 1.807) is 23.4 Å². The molecule has 0 radical (unpaired) electrons. The smallest absolute Gasteiger partial charge is 0.407 e. The summed E-state index contributed by atoms with van der Waals surface area (Å²) in [6.07, 6.45) is 2.61. The van der Waals surface area contributed by atoms with Crippen molar-refractivity contribution in [2.75, 3.05) is 31.6 Å². The number of amides is 2. The number of anilines is 1. The summed E-state index contributed by atoms with van der Waals surface area (Å²) >= 11 is 0. The zero-order chi connectivity index (χ0) is 25.8. The number of hydrogen-bond acceptors (Lipinski definition) is 7. The standard InChI is InChI=1S/C25H37N5O5/c1-16(2)12-30(18-9-17(15-31)13-29(14-18)24(33)34)22(32)20-11-27-23(25(3,4)5)28-21(20)26-10-19-7-6-8-35-19/h6-8,11,16-18,31H,9-10,12-15H2,1-5H3,(H,33,34)(H,26,27,28). The van der Waals surface area contributed by atoms with Gasteiger partial charge in [0.2, 0.25) is 0 Å². The van der Waals surface area contributed by atoms with E-state index in [9.17, 15) is 19.8 Å². The molecule has 0 aliphatic carbocycles. The Labute approximate surface area is 206 Å². The molecule has 3 heterocycles. The number of furan rings is 1. The molecule has 3 N–H and O–H groups in total. The summed E-state index contributed by atoms with van der Waals surface area (Å²) in [6, 6.07) is 3.26. The highest BCUT2D eigenvalue weighted by Crippen LogP contribution is 2.27. The van der Waals surface area contributed by atoms with E-state index >= 15 is 0 Å². The number of piperidine rings is 1. The first-order valence-electron chi connectivity index (χ1n) is 12.0. The van der Waals surface area contributed by atoms with E-state index < -0.39 is 6.09 Å². The number of rotatable bonds is 8. The third kappa shape index (κ3) is 6.72. The third-order valence-electron chi connectivity index (χ3n) is 6.01. The lowest BCUT2D eigenvalue weighted by molar-refractivity contribution is 0.0321. The maximum absolute atomic E-state index is 13.9. The van der Waals surface area contributed by atoms with Crippen LogP contribution in [0.4, 0.5) is 10.6 Å². The van der Waals surface area contributed by atoms with Gasteiger partial charge in [0.25, 0.3) is 5.91 Å².